The number of ether oxygens (including phenoxy) is 1. The first-order chi connectivity index (χ1) is 8.66. The zero-order valence-corrected chi connectivity index (χ0v) is 12.3. The van der Waals surface area contributed by atoms with Crippen LogP contribution in [0.3, 0.4) is 0 Å². The van der Waals surface area contributed by atoms with Gasteiger partial charge in [-0.25, -0.2) is 0 Å². The Morgan fingerprint density at radius 2 is 1.67 bits per heavy atom. The Labute approximate surface area is 112 Å². The molecule has 106 valence electrons. The van der Waals surface area contributed by atoms with Crippen molar-refractivity contribution >= 4 is 5.78 Å². The van der Waals surface area contributed by atoms with Gasteiger partial charge in [-0.2, -0.15) is 0 Å². The lowest BCUT2D eigenvalue weighted by atomic mass is 10.1. The van der Waals surface area contributed by atoms with Gasteiger partial charge >= 0.3 is 0 Å². The lowest BCUT2D eigenvalue weighted by Gasteiger charge is -2.23. The summed E-state index contributed by atoms with van der Waals surface area (Å²) in [7, 11) is 0. The van der Waals surface area contributed by atoms with Crippen LogP contribution in [0.2, 0.25) is 0 Å². The molecule has 2 nitrogen and oxygen atoms in total. The summed E-state index contributed by atoms with van der Waals surface area (Å²) in [6, 6.07) is 0. The Morgan fingerprint density at radius 3 is 2.33 bits per heavy atom. The minimum Gasteiger partial charge on any atom is -0.368 e. The quantitative estimate of drug-likeness (QED) is 0.530. The van der Waals surface area contributed by atoms with E-state index >= 15 is 0 Å². The first-order valence-corrected chi connectivity index (χ1v) is 7.82. The summed E-state index contributed by atoms with van der Waals surface area (Å²) in [5.41, 5.74) is -0.00319. The highest BCUT2D eigenvalue weighted by molar-refractivity contribution is 5.79. The maximum absolute atomic E-state index is 11.7. The van der Waals surface area contributed by atoms with Crippen LogP contribution in [0, 0.1) is 0 Å². The number of Topliss-reactive ketones (excluding diaryl/α,β-unsaturated/α-hetero) is 1. The van der Waals surface area contributed by atoms with Crippen molar-refractivity contribution in [1.82, 2.24) is 0 Å². The molecule has 0 bridgehead atoms. The molecule has 0 aliphatic heterocycles. The van der Waals surface area contributed by atoms with Crippen molar-refractivity contribution in [1.29, 1.82) is 0 Å². The first-order valence-electron chi connectivity index (χ1n) is 7.82. The summed E-state index contributed by atoms with van der Waals surface area (Å²) in [6.07, 6.45) is 12.9. The number of unbranched alkanes of at least 4 members (excludes halogenated alkanes) is 5. The molecule has 0 atom stereocenters. The van der Waals surface area contributed by atoms with Crippen molar-refractivity contribution in [2.75, 3.05) is 6.61 Å². The van der Waals surface area contributed by atoms with Gasteiger partial charge in [0, 0.05) is 6.42 Å². The Bertz CT molecular complexity index is 229. The minimum atomic E-state index is -0.00319. The van der Waals surface area contributed by atoms with Crippen LogP contribution in [0.5, 0.6) is 0 Å². The molecule has 0 radical (unpaired) electrons. The third-order valence-electron chi connectivity index (χ3n) is 4.05. The molecule has 1 fully saturated rings. The maximum Gasteiger partial charge on any atom is 0.158 e. The fraction of sp³-hybridized carbons (Fsp3) is 0.938. The fourth-order valence-electron chi connectivity index (χ4n) is 2.70. The number of hydrogen-bond donors (Lipinski definition) is 0. The van der Waals surface area contributed by atoms with Crippen molar-refractivity contribution in [3.63, 3.8) is 0 Å². The molecule has 1 rings (SSSR count). The van der Waals surface area contributed by atoms with E-state index in [9.17, 15) is 4.79 Å². The van der Waals surface area contributed by atoms with Gasteiger partial charge in [0.2, 0.25) is 0 Å². The van der Waals surface area contributed by atoms with Crippen molar-refractivity contribution in [2.24, 2.45) is 0 Å². The van der Waals surface area contributed by atoms with Gasteiger partial charge < -0.3 is 4.74 Å². The van der Waals surface area contributed by atoms with Gasteiger partial charge in [-0.15, -0.1) is 0 Å². The van der Waals surface area contributed by atoms with Crippen molar-refractivity contribution in [3.05, 3.63) is 0 Å². The summed E-state index contributed by atoms with van der Waals surface area (Å²) in [5, 5.41) is 0. The monoisotopic (exact) mass is 254 g/mol. The van der Waals surface area contributed by atoms with Crippen LogP contribution in [0.1, 0.15) is 84.5 Å². The highest BCUT2D eigenvalue weighted by Crippen LogP contribution is 2.32. The predicted molar refractivity (Wildman–Crippen MR) is 75.8 cm³/mol. The molecule has 1 aliphatic rings. The van der Waals surface area contributed by atoms with Crippen molar-refractivity contribution in [3.8, 4) is 0 Å². The number of hydrogen-bond acceptors (Lipinski definition) is 2. The van der Waals surface area contributed by atoms with E-state index < -0.39 is 0 Å². The molecular weight excluding hydrogens is 224 g/mol. The molecule has 0 heterocycles. The van der Waals surface area contributed by atoms with E-state index in [0.29, 0.717) is 18.8 Å². The van der Waals surface area contributed by atoms with Crippen molar-refractivity contribution in [2.45, 2.75) is 90.1 Å². The summed E-state index contributed by atoms with van der Waals surface area (Å²) >= 11 is 0. The van der Waals surface area contributed by atoms with Crippen LogP contribution in [-0.4, -0.2) is 18.0 Å². The van der Waals surface area contributed by atoms with E-state index in [1.165, 1.54) is 44.9 Å². The molecule has 0 aromatic carbocycles. The normalized spacial score (nSPS) is 18.1. The predicted octanol–water partition coefficient (Wildman–Crippen LogP) is 4.66. The topological polar surface area (TPSA) is 26.3 Å². The SMILES string of the molecule is CCCCCCCCC(=O)COC1(C)CCCC1. The van der Waals surface area contributed by atoms with Gasteiger partial charge in [-0.05, 0) is 26.2 Å². The van der Waals surface area contributed by atoms with E-state index in [1.54, 1.807) is 0 Å². The van der Waals surface area contributed by atoms with E-state index in [-0.39, 0.29) is 5.60 Å². The number of carbonyl (C=O) groups is 1. The highest BCUT2D eigenvalue weighted by atomic mass is 16.5. The zero-order chi connectivity index (χ0) is 13.3. The zero-order valence-electron chi connectivity index (χ0n) is 12.3. The third kappa shape index (κ3) is 6.53. The molecule has 1 aliphatic carbocycles. The lowest BCUT2D eigenvalue weighted by molar-refractivity contribution is -0.130. The second kappa shape index (κ2) is 8.68. The number of rotatable bonds is 10. The summed E-state index contributed by atoms with van der Waals surface area (Å²) in [5.74, 6) is 0.290. The molecule has 0 N–H and O–H groups in total. The maximum atomic E-state index is 11.7. The van der Waals surface area contributed by atoms with Gasteiger partial charge in [-0.3, -0.25) is 4.79 Å². The molecule has 0 aromatic heterocycles. The van der Waals surface area contributed by atoms with Crippen LogP contribution < -0.4 is 0 Å². The van der Waals surface area contributed by atoms with E-state index in [2.05, 4.69) is 13.8 Å². The van der Waals surface area contributed by atoms with Crippen LogP contribution in [0.25, 0.3) is 0 Å². The average molecular weight is 254 g/mol. The molecule has 1 saturated carbocycles. The minimum absolute atomic E-state index is 0.00319. The Morgan fingerprint density at radius 1 is 1.06 bits per heavy atom. The Hall–Kier alpha value is -0.370. The van der Waals surface area contributed by atoms with Gasteiger partial charge in [0.15, 0.2) is 5.78 Å². The Kier molecular flexibility index (Phi) is 7.57. The number of carbonyl (C=O) groups excluding carboxylic acids is 1. The second-order valence-corrected chi connectivity index (χ2v) is 6.00. The van der Waals surface area contributed by atoms with Crippen LogP contribution >= 0.6 is 0 Å². The summed E-state index contributed by atoms with van der Waals surface area (Å²) < 4.78 is 5.80. The van der Waals surface area contributed by atoms with Crippen LogP contribution in [0.15, 0.2) is 0 Å². The molecular formula is C16H30O2. The lowest BCUT2D eigenvalue weighted by Crippen LogP contribution is -2.27. The van der Waals surface area contributed by atoms with Crippen LogP contribution in [-0.2, 0) is 9.53 Å². The molecule has 0 spiro atoms. The van der Waals surface area contributed by atoms with E-state index in [1.807, 2.05) is 0 Å². The van der Waals surface area contributed by atoms with E-state index in [0.717, 1.165) is 19.3 Å². The summed E-state index contributed by atoms with van der Waals surface area (Å²) in [6.45, 7) is 4.72. The first kappa shape index (κ1) is 15.7. The van der Waals surface area contributed by atoms with Crippen molar-refractivity contribution < 1.29 is 9.53 Å². The highest BCUT2D eigenvalue weighted by Gasteiger charge is 2.29. The Balaban J connectivity index is 1.97. The molecule has 0 unspecified atom stereocenters. The van der Waals surface area contributed by atoms with Crippen LogP contribution in [0.4, 0.5) is 0 Å². The second-order valence-electron chi connectivity index (χ2n) is 6.00. The van der Waals surface area contributed by atoms with Gasteiger partial charge in [0.1, 0.15) is 6.61 Å². The molecule has 0 aromatic rings. The molecule has 0 amide bonds. The largest absolute Gasteiger partial charge is 0.368 e. The fourth-order valence-corrected chi connectivity index (χ4v) is 2.70. The third-order valence-corrected chi connectivity index (χ3v) is 4.05. The molecule has 2 heteroatoms. The van der Waals surface area contributed by atoms with Gasteiger partial charge in [0.25, 0.3) is 0 Å². The molecule has 18 heavy (non-hydrogen) atoms. The average Bonchev–Trinajstić information content (AvgIpc) is 2.79. The van der Waals surface area contributed by atoms with Gasteiger partial charge in [-0.1, -0.05) is 51.9 Å². The molecule has 0 saturated heterocycles. The number of ketones is 1. The smallest absolute Gasteiger partial charge is 0.158 e. The standard InChI is InChI=1S/C16H30O2/c1-3-4-5-6-7-8-11-15(17)14-18-16(2)12-9-10-13-16/h3-14H2,1-2H3. The summed E-state index contributed by atoms with van der Waals surface area (Å²) in [4.78, 5) is 11.7. The van der Waals surface area contributed by atoms with E-state index in [4.69, 9.17) is 4.74 Å². The van der Waals surface area contributed by atoms with Gasteiger partial charge in [0.05, 0.1) is 5.60 Å².